The number of rotatable bonds is 2. The fourth-order valence-electron chi connectivity index (χ4n) is 3.30. The Morgan fingerprint density at radius 1 is 1.41 bits per heavy atom. The summed E-state index contributed by atoms with van der Waals surface area (Å²) >= 11 is 1.79. The highest BCUT2D eigenvalue weighted by Crippen LogP contribution is 2.25. The van der Waals surface area contributed by atoms with Gasteiger partial charge < -0.3 is 10.2 Å². The van der Waals surface area contributed by atoms with E-state index in [2.05, 4.69) is 21.9 Å². The number of carbonyl (C=O) groups excluding carboxylic acids is 1. The molecule has 0 saturated carbocycles. The molecular formula is C16H20N4OS. The number of carbonyl (C=O) groups is 1. The number of nitrogens with zero attached hydrogens (tertiary/aromatic N) is 3. The molecule has 1 unspecified atom stereocenters. The van der Waals surface area contributed by atoms with Gasteiger partial charge in [0, 0.05) is 30.7 Å². The van der Waals surface area contributed by atoms with Gasteiger partial charge in [-0.3, -0.25) is 9.48 Å². The quantitative estimate of drug-likeness (QED) is 0.923. The highest BCUT2D eigenvalue weighted by Gasteiger charge is 2.25. The van der Waals surface area contributed by atoms with Gasteiger partial charge in [0.05, 0.1) is 6.04 Å². The van der Waals surface area contributed by atoms with E-state index < -0.39 is 0 Å². The van der Waals surface area contributed by atoms with Crippen molar-refractivity contribution in [2.75, 3.05) is 19.6 Å². The van der Waals surface area contributed by atoms with Crippen LogP contribution in [0.2, 0.25) is 0 Å². The van der Waals surface area contributed by atoms with Gasteiger partial charge in [-0.2, -0.15) is 5.10 Å². The lowest BCUT2D eigenvalue weighted by molar-refractivity contribution is 0.0728. The predicted octanol–water partition coefficient (Wildman–Crippen LogP) is 2.07. The first-order valence-electron chi connectivity index (χ1n) is 7.91. The first-order chi connectivity index (χ1) is 10.8. The molecule has 1 atom stereocenters. The van der Waals surface area contributed by atoms with Gasteiger partial charge in [-0.05, 0) is 48.9 Å². The lowest BCUT2D eigenvalue weighted by Gasteiger charge is -2.26. The van der Waals surface area contributed by atoms with Crippen molar-refractivity contribution >= 4 is 17.2 Å². The van der Waals surface area contributed by atoms with Crippen LogP contribution in [0.3, 0.4) is 0 Å². The number of hydrogen-bond donors (Lipinski definition) is 1. The molecule has 1 saturated heterocycles. The van der Waals surface area contributed by atoms with E-state index in [1.165, 1.54) is 16.9 Å². The van der Waals surface area contributed by atoms with Gasteiger partial charge in [-0.25, -0.2) is 0 Å². The third-order valence-corrected chi connectivity index (χ3v) is 5.59. The van der Waals surface area contributed by atoms with Crippen molar-refractivity contribution in [2.24, 2.45) is 0 Å². The molecule has 22 heavy (non-hydrogen) atoms. The second-order valence-electron chi connectivity index (χ2n) is 6.03. The van der Waals surface area contributed by atoms with E-state index in [0.29, 0.717) is 11.7 Å². The van der Waals surface area contributed by atoms with Gasteiger partial charge in [-0.15, -0.1) is 11.3 Å². The fraction of sp³-hybridized carbons (Fsp3) is 0.500. The first-order valence-corrected chi connectivity index (χ1v) is 8.79. The van der Waals surface area contributed by atoms with Crippen molar-refractivity contribution in [1.29, 1.82) is 0 Å². The Hall–Kier alpha value is -1.66. The second-order valence-corrected chi connectivity index (χ2v) is 7.03. The monoisotopic (exact) mass is 316 g/mol. The van der Waals surface area contributed by atoms with E-state index in [9.17, 15) is 4.79 Å². The zero-order valence-electron chi connectivity index (χ0n) is 12.5. The first kappa shape index (κ1) is 14.0. The molecule has 0 bridgehead atoms. The normalized spacial score (nSPS) is 21.6. The van der Waals surface area contributed by atoms with Crippen LogP contribution in [0, 0.1) is 0 Å². The van der Waals surface area contributed by atoms with Crippen LogP contribution in [0.5, 0.6) is 0 Å². The van der Waals surface area contributed by atoms with Crippen LogP contribution < -0.4 is 5.32 Å². The third-order valence-electron chi connectivity index (χ3n) is 4.57. The van der Waals surface area contributed by atoms with Crippen molar-refractivity contribution in [3.8, 4) is 0 Å². The molecule has 1 fully saturated rings. The van der Waals surface area contributed by atoms with Crippen LogP contribution in [0.25, 0.3) is 0 Å². The van der Waals surface area contributed by atoms with Crippen LogP contribution >= 0.6 is 11.3 Å². The summed E-state index contributed by atoms with van der Waals surface area (Å²) in [7, 11) is 0. The smallest absolute Gasteiger partial charge is 0.274 e. The molecule has 2 aromatic rings. The Balaban J connectivity index is 1.48. The Morgan fingerprint density at radius 2 is 2.36 bits per heavy atom. The summed E-state index contributed by atoms with van der Waals surface area (Å²) in [4.78, 5) is 16.0. The highest BCUT2D eigenvalue weighted by molar-refractivity contribution is 7.10. The summed E-state index contributed by atoms with van der Waals surface area (Å²) < 4.78 is 1.96. The molecule has 6 heteroatoms. The molecule has 5 nitrogen and oxygen atoms in total. The Labute approximate surface area is 133 Å². The summed E-state index contributed by atoms with van der Waals surface area (Å²) in [5, 5.41) is 10.0. The summed E-state index contributed by atoms with van der Waals surface area (Å²) in [5.41, 5.74) is 1.87. The summed E-state index contributed by atoms with van der Waals surface area (Å²) in [6.45, 7) is 3.54. The van der Waals surface area contributed by atoms with Gasteiger partial charge in [0.2, 0.25) is 0 Å². The van der Waals surface area contributed by atoms with Gasteiger partial charge in [0.15, 0.2) is 0 Å². The van der Waals surface area contributed by atoms with Gasteiger partial charge in [-0.1, -0.05) is 0 Å². The number of hydrogen-bond acceptors (Lipinski definition) is 4. The van der Waals surface area contributed by atoms with Crippen molar-refractivity contribution < 1.29 is 4.79 Å². The molecule has 4 rings (SSSR count). The second kappa shape index (κ2) is 5.85. The third kappa shape index (κ3) is 2.57. The fourth-order valence-corrected chi connectivity index (χ4v) is 4.19. The van der Waals surface area contributed by atoms with Crippen LogP contribution in [0.15, 0.2) is 23.7 Å². The minimum absolute atomic E-state index is 0.0550. The van der Waals surface area contributed by atoms with Gasteiger partial charge >= 0.3 is 0 Å². The summed E-state index contributed by atoms with van der Waals surface area (Å²) in [6.07, 6.45) is 5.21. The predicted molar refractivity (Wildman–Crippen MR) is 86.1 cm³/mol. The minimum Gasteiger partial charge on any atom is -0.333 e. The van der Waals surface area contributed by atoms with E-state index in [-0.39, 0.29) is 5.91 Å². The zero-order chi connectivity index (χ0) is 14.9. The standard InChI is InChI=1S/C16H20N4OS/c21-16(19-7-4-15-12(11-19)5-9-22-15)14-3-8-20(18-14)13-2-1-6-17-10-13/h3,5,8-9,13,17H,1-2,4,6-7,10-11H2. The number of amides is 1. The molecule has 2 aromatic heterocycles. The maximum absolute atomic E-state index is 12.7. The van der Waals surface area contributed by atoms with E-state index >= 15 is 0 Å². The summed E-state index contributed by atoms with van der Waals surface area (Å²) in [5.74, 6) is 0.0550. The average Bonchev–Trinajstić information content (AvgIpc) is 3.23. The van der Waals surface area contributed by atoms with E-state index in [4.69, 9.17) is 0 Å². The van der Waals surface area contributed by atoms with Crippen LogP contribution in [0.1, 0.15) is 39.8 Å². The Morgan fingerprint density at radius 3 is 3.23 bits per heavy atom. The highest BCUT2D eigenvalue weighted by atomic mass is 32.1. The molecule has 0 spiro atoms. The van der Waals surface area contributed by atoms with Crippen molar-refractivity contribution in [3.63, 3.8) is 0 Å². The lowest BCUT2D eigenvalue weighted by atomic mass is 10.1. The SMILES string of the molecule is O=C(c1ccn(C2CCCNC2)n1)N1CCc2sccc2C1. The maximum atomic E-state index is 12.7. The number of fused-ring (bicyclic) bond motifs is 1. The lowest BCUT2D eigenvalue weighted by Crippen LogP contribution is -2.36. The van der Waals surface area contributed by atoms with E-state index in [0.717, 1.165) is 39.0 Å². The van der Waals surface area contributed by atoms with Crippen LogP contribution in [0.4, 0.5) is 0 Å². The molecule has 2 aliphatic heterocycles. The minimum atomic E-state index is 0.0550. The number of thiophene rings is 1. The average molecular weight is 316 g/mol. The molecule has 0 radical (unpaired) electrons. The van der Waals surface area contributed by atoms with Crippen LogP contribution in [-0.2, 0) is 13.0 Å². The maximum Gasteiger partial charge on any atom is 0.274 e. The topological polar surface area (TPSA) is 50.2 Å². The molecule has 1 N–H and O–H groups in total. The van der Waals surface area contributed by atoms with E-state index in [1.807, 2.05) is 21.8 Å². The molecule has 0 aromatic carbocycles. The molecule has 4 heterocycles. The Bertz CT molecular complexity index is 671. The number of aromatic nitrogens is 2. The number of piperidine rings is 1. The number of nitrogens with one attached hydrogen (secondary N) is 1. The summed E-state index contributed by atoms with van der Waals surface area (Å²) in [6, 6.07) is 4.37. The van der Waals surface area contributed by atoms with Gasteiger partial charge in [0.1, 0.15) is 5.69 Å². The molecule has 0 aliphatic carbocycles. The molecular weight excluding hydrogens is 296 g/mol. The van der Waals surface area contributed by atoms with Crippen molar-refractivity contribution in [3.05, 3.63) is 39.8 Å². The zero-order valence-corrected chi connectivity index (χ0v) is 13.3. The van der Waals surface area contributed by atoms with Crippen molar-refractivity contribution in [1.82, 2.24) is 20.0 Å². The van der Waals surface area contributed by atoms with Gasteiger partial charge in [0.25, 0.3) is 5.91 Å². The van der Waals surface area contributed by atoms with Crippen molar-refractivity contribution in [2.45, 2.75) is 31.8 Å². The molecule has 1 amide bonds. The molecule has 116 valence electrons. The van der Waals surface area contributed by atoms with E-state index in [1.54, 1.807) is 11.3 Å². The Kier molecular flexibility index (Phi) is 3.72. The van der Waals surface area contributed by atoms with Crippen LogP contribution in [-0.4, -0.2) is 40.2 Å². The largest absolute Gasteiger partial charge is 0.333 e. The molecule has 2 aliphatic rings.